The van der Waals surface area contributed by atoms with Gasteiger partial charge in [-0.25, -0.2) is 9.66 Å². The van der Waals surface area contributed by atoms with Crippen molar-refractivity contribution in [3.05, 3.63) is 30.6 Å². The molecule has 4 nitrogen and oxygen atoms in total. The van der Waals surface area contributed by atoms with Crippen LogP contribution in [-0.4, -0.2) is 15.6 Å². The Hall–Kier alpha value is -1.84. The molecule has 2 aromatic rings. The number of aromatic nitrogens is 2. The number of carbonyl (C=O) groups is 1. The van der Waals surface area contributed by atoms with Crippen molar-refractivity contribution < 1.29 is 4.79 Å². The SMILES string of the molecule is CC(C)CC(=O)Nn1cnc2ccccc21. The number of rotatable bonds is 3. The number of amides is 1. The topological polar surface area (TPSA) is 46.9 Å². The summed E-state index contributed by atoms with van der Waals surface area (Å²) in [5.74, 6) is 0.368. The number of carbonyl (C=O) groups excluding carboxylic acids is 1. The Bertz CT molecular complexity index is 502. The highest BCUT2D eigenvalue weighted by molar-refractivity contribution is 5.86. The largest absolute Gasteiger partial charge is 0.273 e. The molecule has 0 radical (unpaired) electrons. The molecule has 0 bridgehead atoms. The van der Waals surface area contributed by atoms with Crippen molar-refractivity contribution in [2.75, 3.05) is 5.43 Å². The molecule has 0 fully saturated rings. The van der Waals surface area contributed by atoms with Crippen LogP contribution in [0.3, 0.4) is 0 Å². The van der Waals surface area contributed by atoms with Crippen LogP contribution in [0.5, 0.6) is 0 Å². The van der Waals surface area contributed by atoms with Crippen LogP contribution in [0.15, 0.2) is 30.6 Å². The summed E-state index contributed by atoms with van der Waals surface area (Å²) in [5.41, 5.74) is 4.61. The van der Waals surface area contributed by atoms with E-state index in [1.807, 2.05) is 38.1 Å². The Morgan fingerprint density at radius 1 is 1.44 bits per heavy atom. The van der Waals surface area contributed by atoms with E-state index < -0.39 is 0 Å². The zero-order valence-electron chi connectivity index (χ0n) is 9.47. The lowest BCUT2D eigenvalue weighted by atomic mass is 10.1. The second-order valence-corrected chi connectivity index (χ2v) is 4.24. The Labute approximate surface area is 94.3 Å². The fraction of sp³-hybridized carbons (Fsp3) is 0.333. The van der Waals surface area contributed by atoms with Crippen molar-refractivity contribution in [3.8, 4) is 0 Å². The van der Waals surface area contributed by atoms with E-state index in [9.17, 15) is 4.79 Å². The van der Waals surface area contributed by atoms with E-state index in [1.54, 1.807) is 11.0 Å². The third-order valence-corrected chi connectivity index (χ3v) is 2.29. The predicted molar refractivity (Wildman–Crippen MR) is 63.6 cm³/mol. The summed E-state index contributed by atoms with van der Waals surface area (Å²) < 4.78 is 1.67. The van der Waals surface area contributed by atoms with E-state index in [4.69, 9.17) is 0 Å². The summed E-state index contributed by atoms with van der Waals surface area (Å²) in [6.07, 6.45) is 2.15. The average molecular weight is 217 g/mol. The summed E-state index contributed by atoms with van der Waals surface area (Å²) >= 11 is 0. The molecule has 1 amide bonds. The van der Waals surface area contributed by atoms with Crippen molar-refractivity contribution in [1.29, 1.82) is 0 Å². The second-order valence-electron chi connectivity index (χ2n) is 4.24. The van der Waals surface area contributed by atoms with Crippen LogP contribution in [0.25, 0.3) is 11.0 Å². The molecule has 0 saturated carbocycles. The minimum absolute atomic E-state index is 0.0122. The number of fused-ring (bicyclic) bond motifs is 1. The van der Waals surface area contributed by atoms with Gasteiger partial charge in [0.2, 0.25) is 5.91 Å². The standard InChI is InChI=1S/C12H15N3O/c1-9(2)7-12(16)14-15-8-13-10-5-3-4-6-11(10)15/h3-6,8-9H,7H2,1-2H3,(H,14,16). The molecule has 16 heavy (non-hydrogen) atoms. The van der Waals surface area contributed by atoms with Crippen molar-refractivity contribution in [3.63, 3.8) is 0 Å². The molecule has 0 unspecified atom stereocenters. The first-order valence-corrected chi connectivity index (χ1v) is 5.39. The van der Waals surface area contributed by atoms with Gasteiger partial charge in [-0.3, -0.25) is 10.2 Å². The second kappa shape index (κ2) is 4.35. The number of hydrogen-bond donors (Lipinski definition) is 1. The molecule has 1 aromatic carbocycles. The molecule has 2 rings (SSSR count). The lowest BCUT2D eigenvalue weighted by Gasteiger charge is -2.08. The number of para-hydroxylation sites is 2. The van der Waals surface area contributed by atoms with Gasteiger partial charge >= 0.3 is 0 Å². The molecule has 1 heterocycles. The van der Waals surface area contributed by atoms with Crippen LogP contribution < -0.4 is 5.43 Å². The maximum absolute atomic E-state index is 11.6. The molecule has 0 spiro atoms. The Morgan fingerprint density at radius 2 is 2.19 bits per heavy atom. The average Bonchev–Trinajstić information content (AvgIpc) is 2.61. The van der Waals surface area contributed by atoms with Gasteiger partial charge in [0.1, 0.15) is 6.33 Å². The minimum Gasteiger partial charge on any atom is -0.273 e. The van der Waals surface area contributed by atoms with Gasteiger partial charge in [0.15, 0.2) is 0 Å². The third-order valence-electron chi connectivity index (χ3n) is 2.29. The number of nitrogens with zero attached hydrogens (tertiary/aromatic N) is 2. The first-order valence-electron chi connectivity index (χ1n) is 5.39. The van der Waals surface area contributed by atoms with Crippen LogP contribution in [0, 0.1) is 5.92 Å². The fourth-order valence-corrected chi connectivity index (χ4v) is 1.60. The van der Waals surface area contributed by atoms with Gasteiger partial charge in [0.05, 0.1) is 11.0 Å². The van der Waals surface area contributed by atoms with E-state index in [0.29, 0.717) is 12.3 Å². The molecule has 4 heteroatoms. The van der Waals surface area contributed by atoms with E-state index in [0.717, 1.165) is 11.0 Å². The molecule has 84 valence electrons. The summed E-state index contributed by atoms with van der Waals surface area (Å²) in [4.78, 5) is 15.8. The quantitative estimate of drug-likeness (QED) is 0.856. The molecular weight excluding hydrogens is 202 g/mol. The van der Waals surface area contributed by atoms with E-state index >= 15 is 0 Å². The third kappa shape index (κ3) is 2.21. The van der Waals surface area contributed by atoms with Gasteiger partial charge in [-0.2, -0.15) is 0 Å². The van der Waals surface area contributed by atoms with Gasteiger partial charge in [0.25, 0.3) is 0 Å². The highest BCUT2D eigenvalue weighted by Crippen LogP contribution is 2.10. The van der Waals surface area contributed by atoms with Gasteiger partial charge in [-0.15, -0.1) is 0 Å². The molecular formula is C12H15N3O. The lowest BCUT2D eigenvalue weighted by Crippen LogP contribution is -2.23. The van der Waals surface area contributed by atoms with Crippen molar-refractivity contribution in [1.82, 2.24) is 9.66 Å². The van der Waals surface area contributed by atoms with Crippen LogP contribution in [-0.2, 0) is 4.79 Å². The number of benzene rings is 1. The molecule has 0 aliphatic rings. The van der Waals surface area contributed by atoms with Crippen molar-refractivity contribution in [2.24, 2.45) is 5.92 Å². The van der Waals surface area contributed by atoms with Crippen LogP contribution in [0.4, 0.5) is 0 Å². The van der Waals surface area contributed by atoms with Gasteiger partial charge < -0.3 is 0 Å². The maximum Gasteiger partial charge on any atom is 0.239 e. The predicted octanol–water partition coefficient (Wildman–Crippen LogP) is 2.15. The number of nitrogens with one attached hydrogen (secondary N) is 1. The first kappa shape index (κ1) is 10.7. The smallest absolute Gasteiger partial charge is 0.239 e. The van der Waals surface area contributed by atoms with Crippen molar-refractivity contribution >= 4 is 16.9 Å². The Kier molecular flexibility index (Phi) is 2.90. The Morgan fingerprint density at radius 3 is 2.94 bits per heavy atom. The van der Waals surface area contributed by atoms with Gasteiger partial charge in [0, 0.05) is 6.42 Å². The number of hydrogen-bond acceptors (Lipinski definition) is 2. The lowest BCUT2D eigenvalue weighted by molar-refractivity contribution is -0.117. The minimum atomic E-state index is 0.0122. The zero-order valence-corrected chi connectivity index (χ0v) is 9.47. The molecule has 1 N–H and O–H groups in total. The zero-order chi connectivity index (χ0) is 11.5. The summed E-state index contributed by atoms with van der Waals surface area (Å²) in [6, 6.07) is 7.70. The molecule has 0 aliphatic heterocycles. The highest BCUT2D eigenvalue weighted by Gasteiger charge is 2.07. The van der Waals surface area contributed by atoms with Crippen LogP contribution in [0.2, 0.25) is 0 Å². The fourth-order valence-electron chi connectivity index (χ4n) is 1.60. The molecule has 0 atom stereocenters. The summed E-state index contributed by atoms with van der Waals surface area (Å²) in [5, 5.41) is 0. The van der Waals surface area contributed by atoms with Gasteiger partial charge in [-0.1, -0.05) is 26.0 Å². The van der Waals surface area contributed by atoms with E-state index in [1.165, 1.54) is 0 Å². The van der Waals surface area contributed by atoms with Gasteiger partial charge in [-0.05, 0) is 18.1 Å². The van der Waals surface area contributed by atoms with Crippen LogP contribution >= 0.6 is 0 Å². The number of imidazole rings is 1. The van der Waals surface area contributed by atoms with Crippen molar-refractivity contribution in [2.45, 2.75) is 20.3 Å². The van der Waals surface area contributed by atoms with Crippen LogP contribution in [0.1, 0.15) is 20.3 Å². The molecule has 0 aliphatic carbocycles. The maximum atomic E-state index is 11.6. The summed E-state index contributed by atoms with van der Waals surface area (Å²) in [6.45, 7) is 4.04. The first-order chi connectivity index (χ1) is 7.66. The highest BCUT2D eigenvalue weighted by atomic mass is 16.2. The monoisotopic (exact) mass is 217 g/mol. The normalized spacial score (nSPS) is 10.9. The van der Waals surface area contributed by atoms with E-state index in [2.05, 4.69) is 10.4 Å². The summed E-state index contributed by atoms with van der Waals surface area (Å²) in [7, 11) is 0. The molecule has 1 aromatic heterocycles. The molecule has 0 saturated heterocycles. The Balaban J connectivity index is 2.18. The van der Waals surface area contributed by atoms with E-state index in [-0.39, 0.29) is 5.91 Å².